The summed E-state index contributed by atoms with van der Waals surface area (Å²) in [4.78, 5) is 7.86. The molecule has 0 aliphatic carbocycles. The number of hydrogen-bond donors (Lipinski definition) is 3. The molecule has 0 saturated heterocycles. The van der Waals surface area contributed by atoms with Crippen LogP contribution in [0.25, 0.3) is 0 Å². The Kier molecular flexibility index (Phi) is 3.95. The first-order valence-corrected chi connectivity index (χ1v) is 5.98. The molecular weight excluding hydrogens is 324 g/mol. The molecule has 0 amide bonds. The Morgan fingerprint density at radius 3 is 2.72 bits per heavy atom. The zero-order chi connectivity index (χ0) is 13.1. The minimum atomic E-state index is -0.438. The Morgan fingerprint density at radius 1 is 1.28 bits per heavy atom. The van der Waals surface area contributed by atoms with Crippen molar-refractivity contribution in [1.82, 2.24) is 9.97 Å². The zero-order valence-electron chi connectivity index (χ0n) is 8.92. The number of hydrogen-bond acceptors (Lipinski definition) is 5. The summed E-state index contributed by atoms with van der Waals surface area (Å²) in [5.74, 6) is 5.59. The zero-order valence-corrected chi connectivity index (χ0v) is 11.3. The molecule has 0 spiro atoms. The second-order valence-corrected chi connectivity index (χ2v) is 4.51. The molecule has 1 heterocycles. The second kappa shape index (κ2) is 5.47. The van der Waals surface area contributed by atoms with Crippen LogP contribution in [0.15, 0.2) is 29.0 Å². The minimum Gasteiger partial charge on any atom is -0.337 e. The van der Waals surface area contributed by atoms with Crippen molar-refractivity contribution in [3.63, 3.8) is 0 Å². The lowest BCUT2D eigenvalue weighted by molar-refractivity contribution is 0.632. The largest absolute Gasteiger partial charge is 0.337 e. The van der Waals surface area contributed by atoms with Gasteiger partial charge in [0.05, 0.1) is 5.69 Å². The molecule has 0 aliphatic rings. The third-order valence-corrected chi connectivity index (χ3v) is 3.09. The van der Waals surface area contributed by atoms with Gasteiger partial charge in [-0.05, 0) is 34.1 Å². The number of nitrogens with two attached hydrogens (primary N) is 1. The van der Waals surface area contributed by atoms with Gasteiger partial charge in [0.15, 0.2) is 5.82 Å². The number of nitrogen functional groups attached to an aromatic ring is 1. The molecule has 0 saturated carbocycles. The highest BCUT2D eigenvalue weighted by atomic mass is 79.9. The van der Waals surface area contributed by atoms with Gasteiger partial charge in [-0.15, -0.1) is 0 Å². The SMILES string of the molecule is NNc1ncnc(Nc2cc(Cl)ccc2F)c1Br. The predicted octanol–water partition coefficient (Wildman–Crippen LogP) is 3.06. The number of aromatic nitrogens is 2. The molecule has 0 bridgehead atoms. The normalized spacial score (nSPS) is 10.2. The van der Waals surface area contributed by atoms with Gasteiger partial charge >= 0.3 is 0 Å². The van der Waals surface area contributed by atoms with E-state index in [2.05, 4.69) is 36.6 Å². The summed E-state index contributed by atoms with van der Waals surface area (Å²) < 4.78 is 14.0. The van der Waals surface area contributed by atoms with Gasteiger partial charge < -0.3 is 10.7 Å². The van der Waals surface area contributed by atoms with Crippen molar-refractivity contribution in [1.29, 1.82) is 0 Å². The summed E-state index contributed by atoms with van der Waals surface area (Å²) in [5.41, 5.74) is 2.60. The van der Waals surface area contributed by atoms with Crippen molar-refractivity contribution < 1.29 is 4.39 Å². The molecule has 8 heteroatoms. The average molecular weight is 333 g/mol. The molecule has 1 aromatic heterocycles. The molecule has 4 N–H and O–H groups in total. The van der Waals surface area contributed by atoms with Crippen LogP contribution in [0, 0.1) is 5.82 Å². The summed E-state index contributed by atoms with van der Waals surface area (Å²) in [6, 6.07) is 4.19. The number of nitrogens with zero attached hydrogens (tertiary/aromatic N) is 2. The Morgan fingerprint density at radius 2 is 2.00 bits per heavy atom. The highest BCUT2D eigenvalue weighted by Crippen LogP contribution is 2.30. The van der Waals surface area contributed by atoms with Gasteiger partial charge in [-0.2, -0.15) is 0 Å². The Balaban J connectivity index is 2.37. The third-order valence-electron chi connectivity index (χ3n) is 2.11. The number of halogens is 3. The van der Waals surface area contributed by atoms with Gasteiger partial charge in [-0.25, -0.2) is 20.2 Å². The fraction of sp³-hybridized carbons (Fsp3) is 0. The highest BCUT2D eigenvalue weighted by Gasteiger charge is 2.10. The monoisotopic (exact) mass is 331 g/mol. The van der Waals surface area contributed by atoms with Crippen LogP contribution in [-0.2, 0) is 0 Å². The van der Waals surface area contributed by atoms with Crippen molar-refractivity contribution in [2.24, 2.45) is 5.84 Å². The lowest BCUT2D eigenvalue weighted by atomic mass is 10.3. The molecule has 5 nitrogen and oxygen atoms in total. The summed E-state index contributed by atoms with van der Waals surface area (Å²) in [5, 5.41) is 3.22. The van der Waals surface area contributed by atoms with Crippen LogP contribution in [0.5, 0.6) is 0 Å². The lowest BCUT2D eigenvalue weighted by Gasteiger charge is -2.10. The van der Waals surface area contributed by atoms with E-state index in [-0.39, 0.29) is 5.69 Å². The van der Waals surface area contributed by atoms with Crippen LogP contribution in [0.4, 0.5) is 21.7 Å². The molecule has 94 valence electrons. The maximum atomic E-state index is 13.5. The van der Waals surface area contributed by atoms with Crippen molar-refractivity contribution >= 4 is 44.9 Å². The van der Waals surface area contributed by atoms with Crippen LogP contribution in [0.2, 0.25) is 5.02 Å². The number of anilines is 3. The quantitative estimate of drug-likeness (QED) is 0.595. The Labute approximate surface area is 116 Å². The molecule has 1 aromatic carbocycles. The molecule has 0 atom stereocenters. The minimum absolute atomic E-state index is 0.213. The molecule has 18 heavy (non-hydrogen) atoms. The number of nitrogens with one attached hydrogen (secondary N) is 2. The first-order chi connectivity index (χ1) is 8.61. The van der Waals surface area contributed by atoms with Crippen LogP contribution in [-0.4, -0.2) is 9.97 Å². The maximum absolute atomic E-state index is 13.5. The van der Waals surface area contributed by atoms with E-state index in [1.807, 2.05) is 0 Å². The topological polar surface area (TPSA) is 75.9 Å². The molecule has 0 aliphatic heterocycles. The standard InChI is InChI=1S/C10H8BrClFN5/c11-8-9(15-4-16-10(8)18-14)17-7-3-5(12)1-2-6(7)13/h1-4H,14H2,(H2,15,16,17,18). The van der Waals surface area contributed by atoms with Crippen LogP contribution >= 0.6 is 27.5 Å². The van der Waals surface area contributed by atoms with Crippen LogP contribution < -0.4 is 16.6 Å². The number of benzene rings is 1. The van der Waals surface area contributed by atoms with Crippen molar-refractivity contribution in [2.45, 2.75) is 0 Å². The summed E-state index contributed by atoms with van der Waals surface area (Å²) in [6.07, 6.45) is 1.30. The van der Waals surface area contributed by atoms with Crippen molar-refractivity contribution in [3.05, 3.63) is 39.8 Å². The molecule has 2 rings (SSSR count). The van der Waals surface area contributed by atoms with E-state index in [0.717, 1.165) is 0 Å². The fourth-order valence-electron chi connectivity index (χ4n) is 1.28. The van der Waals surface area contributed by atoms with E-state index in [4.69, 9.17) is 17.4 Å². The van der Waals surface area contributed by atoms with Crippen LogP contribution in [0.1, 0.15) is 0 Å². The van der Waals surface area contributed by atoms with E-state index in [1.165, 1.54) is 24.5 Å². The molecule has 0 fully saturated rings. The molecule has 2 aromatic rings. The molecule has 0 radical (unpaired) electrons. The number of rotatable bonds is 3. The van der Waals surface area contributed by atoms with E-state index >= 15 is 0 Å². The Hall–Kier alpha value is -1.44. The van der Waals surface area contributed by atoms with Gasteiger partial charge in [-0.3, -0.25) is 0 Å². The summed E-state index contributed by atoms with van der Waals surface area (Å²) in [7, 11) is 0. The second-order valence-electron chi connectivity index (χ2n) is 3.28. The van der Waals surface area contributed by atoms with Crippen LogP contribution in [0.3, 0.4) is 0 Å². The third kappa shape index (κ3) is 2.69. The number of hydrazine groups is 1. The van der Waals surface area contributed by atoms with E-state index in [1.54, 1.807) is 0 Å². The molecule has 0 unspecified atom stereocenters. The van der Waals surface area contributed by atoms with E-state index in [0.29, 0.717) is 21.1 Å². The van der Waals surface area contributed by atoms with E-state index in [9.17, 15) is 4.39 Å². The van der Waals surface area contributed by atoms with Gasteiger partial charge in [-0.1, -0.05) is 11.6 Å². The predicted molar refractivity (Wildman–Crippen MR) is 72.2 cm³/mol. The first kappa shape index (κ1) is 13.0. The first-order valence-electron chi connectivity index (χ1n) is 4.81. The average Bonchev–Trinajstić information content (AvgIpc) is 2.36. The summed E-state index contributed by atoms with van der Waals surface area (Å²) in [6.45, 7) is 0. The van der Waals surface area contributed by atoms with Crippen molar-refractivity contribution in [2.75, 3.05) is 10.7 Å². The van der Waals surface area contributed by atoms with Gasteiger partial charge in [0.2, 0.25) is 0 Å². The lowest BCUT2D eigenvalue weighted by Crippen LogP contribution is -2.10. The maximum Gasteiger partial charge on any atom is 0.159 e. The van der Waals surface area contributed by atoms with Gasteiger partial charge in [0, 0.05) is 5.02 Å². The molecular formula is C10H8BrClFN5. The van der Waals surface area contributed by atoms with Gasteiger partial charge in [0.25, 0.3) is 0 Å². The fourth-order valence-corrected chi connectivity index (χ4v) is 1.87. The smallest absolute Gasteiger partial charge is 0.159 e. The van der Waals surface area contributed by atoms with E-state index < -0.39 is 5.82 Å². The Bertz CT molecular complexity index is 580. The highest BCUT2D eigenvalue weighted by molar-refractivity contribution is 9.10. The summed E-state index contributed by atoms with van der Waals surface area (Å²) >= 11 is 9.05. The van der Waals surface area contributed by atoms with Gasteiger partial charge in [0.1, 0.15) is 22.4 Å². The van der Waals surface area contributed by atoms with Crippen molar-refractivity contribution in [3.8, 4) is 0 Å².